The quantitative estimate of drug-likeness (QED) is 0.409. The number of carbonyl (C=O) groups is 1. The number of benzene rings is 2. The van der Waals surface area contributed by atoms with Crippen LogP contribution in [-0.2, 0) is 13.0 Å². The standard InChI is InChI=1S/C25H26N4O2/c1-18(2)21-13-10-20(11-14-21)17-26-25-27-24(22-9-6-16-31-22)28-29(25)23(30)15-12-19-7-4-3-5-8-19/h3-11,13-14,16,18H,12,15,17H2,1-2H3,(H,26,27,28). The first-order chi connectivity index (χ1) is 15.1. The van der Waals surface area contributed by atoms with Gasteiger partial charge < -0.3 is 9.73 Å². The number of nitrogens with zero attached hydrogens (tertiary/aromatic N) is 3. The van der Waals surface area contributed by atoms with Gasteiger partial charge in [-0.05, 0) is 41.2 Å². The molecular formula is C25H26N4O2. The van der Waals surface area contributed by atoms with Gasteiger partial charge in [0.1, 0.15) is 0 Å². The highest BCUT2D eigenvalue weighted by Gasteiger charge is 2.18. The van der Waals surface area contributed by atoms with Gasteiger partial charge in [0.15, 0.2) is 5.76 Å². The summed E-state index contributed by atoms with van der Waals surface area (Å²) in [5.41, 5.74) is 3.51. The SMILES string of the molecule is CC(C)c1ccc(CNc2nc(-c3ccco3)nn2C(=O)CCc2ccccc2)cc1. The van der Waals surface area contributed by atoms with Crippen molar-refractivity contribution in [1.29, 1.82) is 0 Å². The van der Waals surface area contributed by atoms with E-state index >= 15 is 0 Å². The van der Waals surface area contributed by atoms with Crippen molar-refractivity contribution in [2.75, 3.05) is 5.32 Å². The van der Waals surface area contributed by atoms with Gasteiger partial charge in [-0.2, -0.15) is 9.67 Å². The van der Waals surface area contributed by atoms with Crippen LogP contribution in [0.1, 0.15) is 47.7 Å². The van der Waals surface area contributed by atoms with Crippen LogP contribution in [-0.4, -0.2) is 20.7 Å². The first kappa shape index (κ1) is 20.6. The Hall–Kier alpha value is -3.67. The first-order valence-corrected chi connectivity index (χ1v) is 10.5. The molecule has 1 N–H and O–H groups in total. The first-order valence-electron chi connectivity index (χ1n) is 10.5. The normalized spacial score (nSPS) is 11.1. The van der Waals surface area contributed by atoms with Crippen molar-refractivity contribution < 1.29 is 9.21 Å². The number of nitrogens with one attached hydrogen (secondary N) is 1. The molecule has 4 rings (SSSR count). The average molecular weight is 415 g/mol. The summed E-state index contributed by atoms with van der Waals surface area (Å²) in [5.74, 6) is 1.70. The van der Waals surface area contributed by atoms with Crippen LogP contribution in [0.15, 0.2) is 77.4 Å². The number of aryl methyl sites for hydroxylation is 1. The molecule has 4 aromatic rings. The molecule has 0 aliphatic heterocycles. The lowest BCUT2D eigenvalue weighted by Crippen LogP contribution is -2.17. The zero-order valence-electron chi connectivity index (χ0n) is 17.8. The molecule has 0 atom stereocenters. The van der Waals surface area contributed by atoms with E-state index in [1.807, 2.05) is 30.3 Å². The van der Waals surface area contributed by atoms with E-state index in [-0.39, 0.29) is 5.91 Å². The molecule has 158 valence electrons. The van der Waals surface area contributed by atoms with E-state index in [0.717, 1.165) is 11.1 Å². The molecule has 6 nitrogen and oxygen atoms in total. The molecule has 2 heterocycles. The highest BCUT2D eigenvalue weighted by Crippen LogP contribution is 2.20. The molecule has 0 amide bonds. The molecule has 0 saturated carbocycles. The Bertz CT molecular complexity index is 1110. The smallest absolute Gasteiger partial charge is 0.250 e. The monoisotopic (exact) mass is 414 g/mol. The van der Waals surface area contributed by atoms with Crippen LogP contribution in [0.3, 0.4) is 0 Å². The second-order valence-corrected chi connectivity index (χ2v) is 7.78. The Morgan fingerprint density at radius 1 is 1.00 bits per heavy atom. The summed E-state index contributed by atoms with van der Waals surface area (Å²) < 4.78 is 6.77. The highest BCUT2D eigenvalue weighted by atomic mass is 16.3. The molecule has 31 heavy (non-hydrogen) atoms. The van der Waals surface area contributed by atoms with Crippen LogP contribution in [0.25, 0.3) is 11.6 Å². The maximum absolute atomic E-state index is 12.9. The lowest BCUT2D eigenvalue weighted by Gasteiger charge is -2.09. The molecule has 0 unspecified atom stereocenters. The van der Waals surface area contributed by atoms with Crippen LogP contribution in [0.5, 0.6) is 0 Å². The molecule has 0 aliphatic carbocycles. The summed E-state index contributed by atoms with van der Waals surface area (Å²) >= 11 is 0. The number of hydrogen-bond acceptors (Lipinski definition) is 5. The van der Waals surface area contributed by atoms with Crippen molar-refractivity contribution in [2.45, 2.75) is 39.2 Å². The van der Waals surface area contributed by atoms with Gasteiger partial charge in [-0.25, -0.2) is 0 Å². The summed E-state index contributed by atoms with van der Waals surface area (Å²) in [4.78, 5) is 17.5. The minimum atomic E-state index is -0.119. The lowest BCUT2D eigenvalue weighted by molar-refractivity contribution is 0.0890. The molecule has 0 spiro atoms. The Morgan fingerprint density at radius 3 is 2.45 bits per heavy atom. The predicted molar refractivity (Wildman–Crippen MR) is 121 cm³/mol. The van der Waals surface area contributed by atoms with Crippen molar-refractivity contribution in [3.8, 4) is 11.6 Å². The number of anilines is 1. The summed E-state index contributed by atoms with van der Waals surface area (Å²) in [6, 6.07) is 21.9. The minimum Gasteiger partial charge on any atom is -0.461 e. The number of furan rings is 1. The molecule has 0 saturated heterocycles. The third-order valence-corrected chi connectivity index (χ3v) is 5.15. The van der Waals surface area contributed by atoms with Gasteiger partial charge in [-0.3, -0.25) is 4.79 Å². The van der Waals surface area contributed by atoms with Gasteiger partial charge >= 0.3 is 0 Å². The maximum Gasteiger partial charge on any atom is 0.250 e. The fourth-order valence-corrected chi connectivity index (χ4v) is 3.31. The zero-order valence-corrected chi connectivity index (χ0v) is 17.8. The number of rotatable bonds is 8. The van der Waals surface area contributed by atoms with E-state index in [9.17, 15) is 4.79 Å². The van der Waals surface area contributed by atoms with Crippen LogP contribution in [0.4, 0.5) is 5.95 Å². The Morgan fingerprint density at radius 2 is 1.77 bits per heavy atom. The molecular weight excluding hydrogens is 388 g/mol. The van der Waals surface area contributed by atoms with Crippen LogP contribution in [0.2, 0.25) is 0 Å². The third kappa shape index (κ3) is 5.09. The van der Waals surface area contributed by atoms with Gasteiger partial charge in [-0.15, -0.1) is 5.10 Å². The highest BCUT2D eigenvalue weighted by molar-refractivity contribution is 5.81. The van der Waals surface area contributed by atoms with E-state index in [4.69, 9.17) is 4.42 Å². The van der Waals surface area contributed by atoms with E-state index in [1.54, 1.807) is 18.4 Å². The Kier molecular flexibility index (Phi) is 6.26. The summed E-state index contributed by atoms with van der Waals surface area (Å²) in [7, 11) is 0. The molecule has 0 aliphatic rings. The molecule has 2 aromatic heterocycles. The van der Waals surface area contributed by atoms with Crippen molar-refractivity contribution in [3.05, 3.63) is 89.7 Å². The molecule has 0 fully saturated rings. The Balaban J connectivity index is 1.51. The number of carbonyl (C=O) groups excluding carboxylic acids is 1. The van der Waals surface area contributed by atoms with Crippen molar-refractivity contribution in [1.82, 2.24) is 14.8 Å². The fraction of sp³-hybridized carbons (Fsp3) is 0.240. The third-order valence-electron chi connectivity index (χ3n) is 5.15. The van der Waals surface area contributed by atoms with Gasteiger partial charge in [-0.1, -0.05) is 68.4 Å². The lowest BCUT2D eigenvalue weighted by atomic mass is 10.0. The van der Waals surface area contributed by atoms with Crippen molar-refractivity contribution in [3.63, 3.8) is 0 Å². The summed E-state index contributed by atoms with van der Waals surface area (Å²) in [6.07, 6.45) is 2.55. The minimum absolute atomic E-state index is 0.119. The second kappa shape index (κ2) is 9.43. The van der Waals surface area contributed by atoms with E-state index in [0.29, 0.717) is 42.8 Å². The van der Waals surface area contributed by atoms with Crippen LogP contribution >= 0.6 is 0 Å². The summed E-state index contributed by atoms with van der Waals surface area (Å²) in [5, 5.41) is 7.68. The van der Waals surface area contributed by atoms with Crippen LogP contribution in [0, 0.1) is 0 Å². The molecule has 2 aromatic carbocycles. The van der Waals surface area contributed by atoms with E-state index in [1.165, 1.54) is 10.2 Å². The van der Waals surface area contributed by atoms with E-state index < -0.39 is 0 Å². The summed E-state index contributed by atoms with van der Waals surface area (Å²) in [6.45, 7) is 4.89. The molecule has 0 bridgehead atoms. The average Bonchev–Trinajstić information content (AvgIpc) is 3.47. The maximum atomic E-state index is 12.9. The van der Waals surface area contributed by atoms with Crippen molar-refractivity contribution >= 4 is 11.9 Å². The molecule has 0 radical (unpaired) electrons. The van der Waals surface area contributed by atoms with Crippen molar-refractivity contribution in [2.24, 2.45) is 0 Å². The predicted octanol–water partition coefficient (Wildman–Crippen LogP) is 5.55. The largest absolute Gasteiger partial charge is 0.461 e. The van der Waals surface area contributed by atoms with E-state index in [2.05, 4.69) is 53.5 Å². The van der Waals surface area contributed by atoms with Gasteiger partial charge in [0, 0.05) is 13.0 Å². The number of hydrogen-bond donors (Lipinski definition) is 1. The number of aromatic nitrogens is 3. The Labute approximate surface area is 181 Å². The topological polar surface area (TPSA) is 73.0 Å². The van der Waals surface area contributed by atoms with Gasteiger partial charge in [0.05, 0.1) is 6.26 Å². The van der Waals surface area contributed by atoms with Gasteiger partial charge in [0.2, 0.25) is 17.7 Å². The van der Waals surface area contributed by atoms with Crippen LogP contribution < -0.4 is 5.32 Å². The van der Waals surface area contributed by atoms with Gasteiger partial charge in [0.25, 0.3) is 0 Å². The fourth-order valence-electron chi connectivity index (χ4n) is 3.31. The molecule has 6 heteroatoms. The zero-order chi connectivity index (χ0) is 21.6. The second-order valence-electron chi connectivity index (χ2n) is 7.78.